The van der Waals surface area contributed by atoms with Crippen molar-refractivity contribution in [2.45, 2.75) is 4.90 Å². The van der Waals surface area contributed by atoms with Crippen LogP contribution in [0, 0.1) is 0 Å². The van der Waals surface area contributed by atoms with Gasteiger partial charge in [-0.25, -0.2) is 8.42 Å². The molecular formula is C15H15ClO6S2. The van der Waals surface area contributed by atoms with Crippen LogP contribution in [0.2, 0.25) is 5.02 Å². The summed E-state index contributed by atoms with van der Waals surface area (Å²) in [6.07, 6.45) is 0. The monoisotopic (exact) mass is 390 g/mol. The van der Waals surface area contributed by atoms with Gasteiger partial charge >= 0.3 is 10.1 Å². The summed E-state index contributed by atoms with van der Waals surface area (Å²) in [7, 11) is -6.49. The summed E-state index contributed by atoms with van der Waals surface area (Å²) in [6, 6.07) is 11.7. The zero-order valence-corrected chi connectivity index (χ0v) is 15.1. The number of para-hydroxylation sites is 2. The van der Waals surface area contributed by atoms with Gasteiger partial charge in [0.25, 0.3) is 0 Å². The Balaban J connectivity index is 2.11. The molecule has 0 spiro atoms. The number of hydrogen-bond donors (Lipinski definition) is 0. The maximum Gasteiger partial charge on any atom is 0.310 e. The minimum absolute atomic E-state index is 0.000563. The van der Waals surface area contributed by atoms with Crippen LogP contribution in [-0.4, -0.2) is 35.5 Å². The van der Waals surface area contributed by atoms with Crippen molar-refractivity contribution in [2.24, 2.45) is 0 Å². The van der Waals surface area contributed by atoms with E-state index < -0.39 is 31.5 Å². The van der Waals surface area contributed by atoms with Crippen LogP contribution in [0.3, 0.4) is 0 Å². The number of benzene rings is 2. The lowest BCUT2D eigenvalue weighted by atomic mass is 10.3. The van der Waals surface area contributed by atoms with Gasteiger partial charge in [-0.3, -0.25) is 0 Å². The Bertz CT molecular complexity index is 905. The van der Waals surface area contributed by atoms with Crippen LogP contribution in [0.4, 0.5) is 0 Å². The first-order valence-electron chi connectivity index (χ1n) is 6.77. The van der Waals surface area contributed by atoms with E-state index in [2.05, 4.69) is 0 Å². The summed E-state index contributed by atoms with van der Waals surface area (Å²) in [5.74, 6) is -1.05. The molecule has 0 atom stereocenters. The molecule has 0 saturated carbocycles. The molecule has 0 aromatic heterocycles. The molecule has 0 bridgehead atoms. The largest absolute Gasteiger partial charge is 0.493 e. The van der Waals surface area contributed by atoms with E-state index in [1.807, 2.05) is 0 Å². The molecule has 0 amide bonds. The Hall–Kier alpha value is -1.77. The standard InChI is InChI=1S/C15H15ClO6S2/c1-21-14-4-2-3-5-15(14)22-24(19,20)11-10-23(17,18)13-8-6-12(16)7-9-13/h2-9H,10-11H2,1H3. The van der Waals surface area contributed by atoms with E-state index in [9.17, 15) is 16.8 Å². The zero-order valence-electron chi connectivity index (χ0n) is 12.7. The van der Waals surface area contributed by atoms with Crippen molar-refractivity contribution >= 4 is 31.6 Å². The second-order valence-electron chi connectivity index (χ2n) is 4.77. The smallest absolute Gasteiger partial charge is 0.310 e. The lowest BCUT2D eigenvalue weighted by Crippen LogP contribution is -2.21. The predicted octanol–water partition coefficient (Wildman–Crippen LogP) is 2.53. The fourth-order valence-electron chi connectivity index (χ4n) is 1.84. The molecule has 9 heteroatoms. The van der Waals surface area contributed by atoms with Gasteiger partial charge in [-0.2, -0.15) is 8.42 Å². The molecule has 6 nitrogen and oxygen atoms in total. The van der Waals surface area contributed by atoms with Crippen molar-refractivity contribution in [3.05, 3.63) is 53.6 Å². The van der Waals surface area contributed by atoms with E-state index in [0.29, 0.717) is 5.02 Å². The highest BCUT2D eigenvalue weighted by Crippen LogP contribution is 2.27. The third kappa shape index (κ3) is 4.86. The molecule has 0 aliphatic heterocycles. The molecule has 0 fully saturated rings. The number of sulfone groups is 1. The lowest BCUT2D eigenvalue weighted by Gasteiger charge is -2.10. The molecule has 0 N–H and O–H groups in total. The van der Waals surface area contributed by atoms with E-state index in [4.69, 9.17) is 20.5 Å². The van der Waals surface area contributed by atoms with Crippen LogP contribution in [-0.2, 0) is 20.0 Å². The third-order valence-electron chi connectivity index (χ3n) is 3.06. The molecule has 2 aromatic rings. The van der Waals surface area contributed by atoms with Crippen molar-refractivity contribution < 1.29 is 25.8 Å². The maximum atomic E-state index is 12.2. The van der Waals surface area contributed by atoms with Gasteiger partial charge in [0.15, 0.2) is 21.3 Å². The van der Waals surface area contributed by atoms with E-state index >= 15 is 0 Å². The molecule has 0 aliphatic carbocycles. The van der Waals surface area contributed by atoms with Gasteiger partial charge in [0.2, 0.25) is 0 Å². The minimum atomic E-state index is -4.10. The third-order valence-corrected chi connectivity index (χ3v) is 6.44. The van der Waals surface area contributed by atoms with E-state index in [-0.39, 0.29) is 16.4 Å². The summed E-state index contributed by atoms with van der Waals surface area (Å²) in [5.41, 5.74) is 0. The molecule has 0 heterocycles. The SMILES string of the molecule is COc1ccccc1OS(=O)(=O)CCS(=O)(=O)c1ccc(Cl)cc1. The lowest BCUT2D eigenvalue weighted by molar-refractivity contribution is 0.391. The highest BCUT2D eigenvalue weighted by molar-refractivity contribution is 7.93. The summed E-state index contributed by atoms with van der Waals surface area (Å²) >= 11 is 5.71. The summed E-state index contributed by atoms with van der Waals surface area (Å²) in [6.45, 7) is 0. The second-order valence-corrected chi connectivity index (χ2v) is 9.00. The molecule has 130 valence electrons. The normalized spacial score (nSPS) is 11.9. The molecule has 24 heavy (non-hydrogen) atoms. The van der Waals surface area contributed by atoms with Crippen molar-refractivity contribution in [1.82, 2.24) is 0 Å². The van der Waals surface area contributed by atoms with Gasteiger partial charge in [0, 0.05) is 5.02 Å². The van der Waals surface area contributed by atoms with Gasteiger partial charge in [0.05, 0.1) is 17.8 Å². The number of methoxy groups -OCH3 is 1. The van der Waals surface area contributed by atoms with Crippen LogP contribution in [0.5, 0.6) is 11.5 Å². The predicted molar refractivity (Wildman–Crippen MR) is 90.9 cm³/mol. The van der Waals surface area contributed by atoms with Gasteiger partial charge in [-0.15, -0.1) is 0 Å². The average Bonchev–Trinajstić information content (AvgIpc) is 2.54. The zero-order chi connectivity index (χ0) is 17.8. The van der Waals surface area contributed by atoms with Crippen molar-refractivity contribution in [3.63, 3.8) is 0 Å². The fraction of sp³-hybridized carbons (Fsp3) is 0.200. The van der Waals surface area contributed by atoms with Crippen LogP contribution in [0.1, 0.15) is 0 Å². The number of hydrogen-bond acceptors (Lipinski definition) is 6. The van der Waals surface area contributed by atoms with E-state index in [1.54, 1.807) is 12.1 Å². The fourth-order valence-corrected chi connectivity index (χ4v) is 4.94. The Kier molecular flexibility index (Phi) is 5.74. The Morgan fingerprint density at radius 3 is 2.04 bits per heavy atom. The number of rotatable bonds is 7. The van der Waals surface area contributed by atoms with Gasteiger partial charge in [-0.1, -0.05) is 23.7 Å². The van der Waals surface area contributed by atoms with Gasteiger partial charge in [-0.05, 0) is 36.4 Å². The number of halogens is 1. The molecule has 0 aliphatic rings. The minimum Gasteiger partial charge on any atom is -0.493 e. The highest BCUT2D eigenvalue weighted by Gasteiger charge is 2.22. The van der Waals surface area contributed by atoms with Crippen LogP contribution in [0.25, 0.3) is 0 Å². The van der Waals surface area contributed by atoms with E-state index in [1.165, 1.54) is 43.5 Å². The van der Waals surface area contributed by atoms with Crippen molar-refractivity contribution in [3.8, 4) is 11.5 Å². The number of ether oxygens (including phenoxy) is 1. The van der Waals surface area contributed by atoms with E-state index in [0.717, 1.165) is 0 Å². The molecule has 0 unspecified atom stereocenters. The molecule has 2 aromatic carbocycles. The first-order valence-corrected chi connectivity index (χ1v) is 10.4. The van der Waals surface area contributed by atoms with Crippen molar-refractivity contribution in [2.75, 3.05) is 18.6 Å². The van der Waals surface area contributed by atoms with Gasteiger partial charge < -0.3 is 8.92 Å². The Morgan fingerprint density at radius 1 is 0.875 bits per heavy atom. The Labute approximate surface area is 146 Å². The van der Waals surface area contributed by atoms with Crippen molar-refractivity contribution in [1.29, 1.82) is 0 Å². The molecular weight excluding hydrogens is 376 g/mol. The molecule has 0 saturated heterocycles. The average molecular weight is 391 g/mol. The maximum absolute atomic E-state index is 12.2. The molecule has 2 rings (SSSR count). The first kappa shape index (κ1) is 18.6. The summed E-state index contributed by atoms with van der Waals surface area (Å²) in [5, 5.41) is 0.390. The first-order chi connectivity index (χ1) is 11.2. The topological polar surface area (TPSA) is 86.7 Å². The summed E-state index contributed by atoms with van der Waals surface area (Å²) < 4.78 is 58.4. The molecule has 0 radical (unpaired) electrons. The summed E-state index contributed by atoms with van der Waals surface area (Å²) in [4.78, 5) is -0.000563. The van der Waals surface area contributed by atoms with Crippen LogP contribution in [0.15, 0.2) is 53.4 Å². The second kappa shape index (κ2) is 7.42. The Morgan fingerprint density at radius 2 is 1.46 bits per heavy atom. The van der Waals surface area contributed by atoms with Crippen LogP contribution >= 0.6 is 11.6 Å². The highest BCUT2D eigenvalue weighted by atomic mass is 35.5. The van der Waals surface area contributed by atoms with Gasteiger partial charge in [0.1, 0.15) is 5.75 Å². The van der Waals surface area contributed by atoms with Crippen LogP contribution < -0.4 is 8.92 Å². The quantitative estimate of drug-likeness (QED) is 0.675.